The predicted octanol–water partition coefficient (Wildman–Crippen LogP) is 3.61. The quantitative estimate of drug-likeness (QED) is 0.841. The molecular weight excluding hydrogens is 271 g/mol. The molecule has 0 N–H and O–H groups in total. The van der Waals surface area contributed by atoms with Gasteiger partial charge >= 0.3 is 0 Å². The van der Waals surface area contributed by atoms with Gasteiger partial charge < -0.3 is 4.90 Å². The molecule has 16 heavy (non-hydrogen) atoms. The maximum Gasteiger partial charge on any atom is 0.166 e. The second kappa shape index (κ2) is 5.13. The Kier molecular flexibility index (Phi) is 3.79. The van der Waals surface area contributed by atoms with Crippen molar-refractivity contribution >= 4 is 21.7 Å². The summed E-state index contributed by atoms with van der Waals surface area (Å²) in [6, 6.07) is 1.48. The Labute approximate surface area is 104 Å². The monoisotopic (exact) mass is 286 g/mol. The van der Waals surface area contributed by atoms with E-state index in [9.17, 15) is 4.39 Å². The minimum atomic E-state index is -0.240. The Balaban J connectivity index is 2.11. The Morgan fingerprint density at radius 2 is 2.31 bits per heavy atom. The SMILES string of the molecule is CCN(CC1CCC1)c1ncc(Br)cc1F. The van der Waals surface area contributed by atoms with Gasteiger partial charge in [0.15, 0.2) is 11.6 Å². The smallest absolute Gasteiger partial charge is 0.166 e. The highest BCUT2D eigenvalue weighted by molar-refractivity contribution is 9.10. The molecule has 88 valence electrons. The van der Waals surface area contributed by atoms with Gasteiger partial charge in [-0.25, -0.2) is 9.37 Å². The lowest BCUT2D eigenvalue weighted by Gasteiger charge is -2.32. The van der Waals surface area contributed by atoms with E-state index in [1.165, 1.54) is 25.3 Å². The fourth-order valence-electron chi connectivity index (χ4n) is 1.99. The summed E-state index contributed by atoms with van der Waals surface area (Å²) in [4.78, 5) is 6.20. The zero-order chi connectivity index (χ0) is 11.5. The molecule has 1 fully saturated rings. The minimum Gasteiger partial charge on any atom is -0.354 e. The molecule has 1 aromatic rings. The molecule has 4 heteroatoms. The molecule has 0 aliphatic heterocycles. The average Bonchev–Trinajstić information content (AvgIpc) is 2.18. The van der Waals surface area contributed by atoms with Gasteiger partial charge in [0.1, 0.15) is 0 Å². The van der Waals surface area contributed by atoms with Crippen LogP contribution in [0.2, 0.25) is 0 Å². The van der Waals surface area contributed by atoms with Gasteiger partial charge in [0.25, 0.3) is 0 Å². The van der Waals surface area contributed by atoms with Gasteiger partial charge in [0.2, 0.25) is 0 Å². The lowest BCUT2D eigenvalue weighted by atomic mass is 9.85. The summed E-state index contributed by atoms with van der Waals surface area (Å²) in [5, 5.41) is 0. The third kappa shape index (κ3) is 2.54. The maximum atomic E-state index is 13.7. The maximum absolute atomic E-state index is 13.7. The van der Waals surface area contributed by atoms with Crippen molar-refractivity contribution in [2.24, 2.45) is 5.92 Å². The van der Waals surface area contributed by atoms with Gasteiger partial charge in [-0.2, -0.15) is 0 Å². The summed E-state index contributed by atoms with van der Waals surface area (Å²) in [6.45, 7) is 3.78. The molecule has 0 atom stereocenters. The Morgan fingerprint density at radius 3 is 2.81 bits per heavy atom. The van der Waals surface area contributed by atoms with Crippen LogP contribution in [-0.4, -0.2) is 18.1 Å². The Bertz CT molecular complexity index is 366. The molecule has 0 unspecified atom stereocenters. The van der Waals surface area contributed by atoms with E-state index in [1.54, 1.807) is 6.20 Å². The number of hydrogen-bond acceptors (Lipinski definition) is 2. The van der Waals surface area contributed by atoms with Crippen molar-refractivity contribution in [3.63, 3.8) is 0 Å². The van der Waals surface area contributed by atoms with Crippen LogP contribution in [-0.2, 0) is 0 Å². The van der Waals surface area contributed by atoms with Crippen molar-refractivity contribution in [3.8, 4) is 0 Å². The first-order valence-corrected chi connectivity index (χ1v) is 6.56. The Morgan fingerprint density at radius 1 is 1.56 bits per heavy atom. The molecular formula is C12H16BrFN2. The van der Waals surface area contributed by atoms with E-state index in [-0.39, 0.29) is 5.82 Å². The summed E-state index contributed by atoms with van der Waals surface area (Å²) < 4.78 is 14.4. The summed E-state index contributed by atoms with van der Waals surface area (Å²) in [5.74, 6) is 0.970. The first kappa shape index (κ1) is 11.8. The molecule has 2 nitrogen and oxygen atoms in total. The van der Waals surface area contributed by atoms with Gasteiger partial charge in [-0.05, 0) is 47.7 Å². The van der Waals surface area contributed by atoms with Crippen LogP contribution in [0.4, 0.5) is 10.2 Å². The summed E-state index contributed by atoms with van der Waals surface area (Å²) in [6.07, 6.45) is 5.52. The number of hydrogen-bond donors (Lipinski definition) is 0. The molecule has 0 saturated heterocycles. The number of anilines is 1. The predicted molar refractivity (Wildman–Crippen MR) is 67.1 cm³/mol. The zero-order valence-electron chi connectivity index (χ0n) is 9.42. The normalized spacial score (nSPS) is 15.9. The second-order valence-electron chi connectivity index (χ2n) is 4.29. The van der Waals surface area contributed by atoms with E-state index >= 15 is 0 Å². The number of pyridine rings is 1. The van der Waals surface area contributed by atoms with Gasteiger partial charge in [-0.15, -0.1) is 0 Å². The van der Waals surface area contributed by atoms with Gasteiger partial charge in [-0.3, -0.25) is 0 Å². The molecule has 2 rings (SSSR count). The molecule has 0 amide bonds. The van der Waals surface area contributed by atoms with Gasteiger partial charge in [0.05, 0.1) is 0 Å². The van der Waals surface area contributed by atoms with Crippen LogP contribution in [0.3, 0.4) is 0 Å². The summed E-state index contributed by atoms with van der Waals surface area (Å²) in [7, 11) is 0. The van der Waals surface area contributed by atoms with Crippen LogP contribution in [0.5, 0.6) is 0 Å². The topological polar surface area (TPSA) is 16.1 Å². The fourth-order valence-corrected chi connectivity index (χ4v) is 2.30. The lowest BCUT2D eigenvalue weighted by Crippen LogP contribution is -2.33. The molecule has 0 aromatic carbocycles. The third-order valence-corrected chi connectivity index (χ3v) is 3.61. The van der Waals surface area contributed by atoms with Crippen molar-refractivity contribution in [2.45, 2.75) is 26.2 Å². The van der Waals surface area contributed by atoms with Crippen LogP contribution in [0.1, 0.15) is 26.2 Å². The summed E-state index contributed by atoms with van der Waals surface area (Å²) >= 11 is 3.22. The number of rotatable bonds is 4. The number of halogens is 2. The van der Waals surface area contributed by atoms with Crippen molar-refractivity contribution < 1.29 is 4.39 Å². The van der Waals surface area contributed by atoms with E-state index in [1.807, 2.05) is 11.8 Å². The van der Waals surface area contributed by atoms with Crippen molar-refractivity contribution in [2.75, 3.05) is 18.0 Å². The second-order valence-corrected chi connectivity index (χ2v) is 5.21. The van der Waals surface area contributed by atoms with Gasteiger partial charge in [-0.1, -0.05) is 6.42 Å². The molecule has 1 saturated carbocycles. The first-order valence-electron chi connectivity index (χ1n) is 5.76. The average molecular weight is 287 g/mol. The fraction of sp³-hybridized carbons (Fsp3) is 0.583. The Hall–Kier alpha value is -0.640. The van der Waals surface area contributed by atoms with E-state index in [2.05, 4.69) is 20.9 Å². The highest BCUT2D eigenvalue weighted by atomic mass is 79.9. The molecule has 0 spiro atoms. The first-order chi connectivity index (χ1) is 7.70. The molecule has 1 aliphatic carbocycles. The highest BCUT2D eigenvalue weighted by Gasteiger charge is 2.22. The minimum absolute atomic E-state index is 0.240. The van der Waals surface area contributed by atoms with Crippen molar-refractivity contribution in [1.29, 1.82) is 0 Å². The lowest BCUT2D eigenvalue weighted by molar-refractivity contribution is 0.317. The summed E-state index contributed by atoms with van der Waals surface area (Å²) in [5.41, 5.74) is 0. The van der Waals surface area contributed by atoms with Crippen LogP contribution >= 0.6 is 15.9 Å². The van der Waals surface area contributed by atoms with Crippen LogP contribution in [0, 0.1) is 11.7 Å². The van der Waals surface area contributed by atoms with Crippen LogP contribution < -0.4 is 4.90 Å². The van der Waals surface area contributed by atoms with E-state index in [4.69, 9.17) is 0 Å². The third-order valence-electron chi connectivity index (χ3n) is 3.17. The number of aromatic nitrogens is 1. The number of nitrogens with zero attached hydrogens (tertiary/aromatic N) is 2. The van der Waals surface area contributed by atoms with E-state index < -0.39 is 0 Å². The van der Waals surface area contributed by atoms with E-state index in [0.717, 1.165) is 19.0 Å². The molecule has 0 bridgehead atoms. The van der Waals surface area contributed by atoms with Crippen molar-refractivity contribution in [3.05, 3.63) is 22.6 Å². The molecule has 1 aliphatic rings. The molecule has 0 radical (unpaired) electrons. The van der Waals surface area contributed by atoms with Crippen LogP contribution in [0.15, 0.2) is 16.7 Å². The van der Waals surface area contributed by atoms with Gasteiger partial charge in [0, 0.05) is 23.8 Å². The highest BCUT2D eigenvalue weighted by Crippen LogP contribution is 2.29. The largest absolute Gasteiger partial charge is 0.354 e. The molecule has 1 aromatic heterocycles. The molecule has 1 heterocycles. The van der Waals surface area contributed by atoms with Crippen molar-refractivity contribution in [1.82, 2.24) is 4.98 Å². The zero-order valence-corrected chi connectivity index (χ0v) is 11.0. The van der Waals surface area contributed by atoms with E-state index in [0.29, 0.717) is 10.3 Å². The standard InChI is InChI=1S/C12H16BrFN2/c1-2-16(8-9-4-3-5-9)12-11(14)6-10(13)7-15-12/h6-7,9H,2-5,8H2,1H3. The van der Waals surface area contributed by atoms with Crippen LogP contribution in [0.25, 0.3) is 0 Å².